The van der Waals surface area contributed by atoms with Crippen molar-refractivity contribution < 1.29 is 4.74 Å². The summed E-state index contributed by atoms with van der Waals surface area (Å²) in [6.07, 6.45) is 3.39. The zero-order valence-corrected chi connectivity index (χ0v) is 11.6. The van der Waals surface area contributed by atoms with Crippen LogP contribution in [0.2, 0.25) is 0 Å². The summed E-state index contributed by atoms with van der Waals surface area (Å²) in [5.74, 6) is 0. The lowest BCUT2D eigenvalue weighted by Gasteiger charge is -2.08. The Labute approximate surface area is 111 Å². The van der Waals surface area contributed by atoms with E-state index < -0.39 is 0 Å². The first-order valence-corrected chi connectivity index (χ1v) is 6.49. The predicted octanol–water partition coefficient (Wildman–Crippen LogP) is 3.55. The number of methoxy groups -OCH3 is 1. The molecule has 92 valence electrons. The SMILES string of the molecule is COCCCCCNc1ccc(C#N)cc1Br. The molecule has 0 aliphatic carbocycles. The largest absolute Gasteiger partial charge is 0.385 e. The molecule has 17 heavy (non-hydrogen) atoms. The molecular formula is C13H17BrN2O. The topological polar surface area (TPSA) is 45.0 Å². The molecule has 1 N–H and O–H groups in total. The molecule has 1 rings (SSSR count). The standard InChI is InChI=1S/C13H17BrN2O/c1-17-8-4-2-3-7-16-13-6-5-11(10-15)9-12(13)14/h5-6,9,16H,2-4,7-8H2,1H3. The van der Waals surface area contributed by atoms with Crippen LogP contribution in [-0.4, -0.2) is 20.3 Å². The van der Waals surface area contributed by atoms with Gasteiger partial charge < -0.3 is 10.1 Å². The number of nitrogens with zero attached hydrogens (tertiary/aromatic N) is 1. The number of hydrogen-bond donors (Lipinski definition) is 1. The van der Waals surface area contributed by atoms with Gasteiger partial charge in [-0.25, -0.2) is 0 Å². The molecule has 0 aliphatic heterocycles. The smallest absolute Gasteiger partial charge is 0.0992 e. The molecule has 0 amide bonds. The van der Waals surface area contributed by atoms with Crippen LogP contribution in [-0.2, 0) is 4.74 Å². The summed E-state index contributed by atoms with van der Waals surface area (Å²) in [5.41, 5.74) is 1.71. The number of rotatable bonds is 7. The number of benzene rings is 1. The third-order valence-electron chi connectivity index (χ3n) is 2.44. The highest BCUT2D eigenvalue weighted by Crippen LogP contribution is 2.23. The molecule has 0 unspecified atom stereocenters. The predicted molar refractivity (Wildman–Crippen MR) is 73.1 cm³/mol. The van der Waals surface area contributed by atoms with E-state index in [1.165, 1.54) is 0 Å². The fourth-order valence-electron chi connectivity index (χ4n) is 1.50. The lowest BCUT2D eigenvalue weighted by molar-refractivity contribution is 0.192. The molecule has 0 spiro atoms. The van der Waals surface area contributed by atoms with Gasteiger partial charge in [-0.15, -0.1) is 0 Å². The third kappa shape index (κ3) is 5.20. The van der Waals surface area contributed by atoms with Crippen LogP contribution >= 0.6 is 15.9 Å². The van der Waals surface area contributed by atoms with Gasteiger partial charge in [0.2, 0.25) is 0 Å². The maximum Gasteiger partial charge on any atom is 0.0992 e. The molecule has 0 heterocycles. The number of ether oxygens (including phenoxy) is 1. The number of halogens is 1. The molecule has 0 saturated carbocycles. The second-order valence-electron chi connectivity index (χ2n) is 3.79. The average Bonchev–Trinajstić information content (AvgIpc) is 2.35. The van der Waals surface area contributed by atoms with Crippen molar-refractivity contribution >= 4 is 21.6 Å². The van der Waals surface area contributed by atoms with Crippen molar-refractivity contribution in [1.82, 2.24) is 0 Å². The van der Waals surface area contributed by atoms with Crippen LogP contribution in [0.3, 0.4) is 0 Å². The Morgan fingerprint density at radius 2 is 2.18 bits per heavy atom. The van der Waals surface area contributed by atoms with Crippen LogP contribution in [0.25, 0.3) is 0 Å². The van der Waals surface area contributed by atoms with Gasteiger partial charge in [0.1, 0.15) is 0 Å². The van der Waals surface area contributed by atoms with Crippen LogP contribution in [0.1, 0.15) is 24.8 Å². The lowest BCUT2D eigenvalue weighted by atomic mass is 10.2. The van der Waals surface area contributed by atoms with Crippen molar-refractivity contribution in [3.63, 3.8) is 0 Å². The first-order valence-electron chi connectivity index (χ1n) is 5.70. The number of hydrogen-bond acceptors (Lipinski definition) is 3. The van der Waals surface area contributed by atoms with Crippen molar-refractivity contribution in [3.8, 4) is 6.07 Å². The molecule has 0 aromatic heterocycles. The van der Waals surface area contributed by atoms with E-state index in [1.807, 2.05) is 18.2 Å². The summed E-state index contributed by atoms with van der Waals surface area (Å²) < 4.78 is 5.93. The Morgan fingerprint density at radius 1 is 1.35 bits per heavy atom. The van der Waals surface area contributed by atoms with E-state index >= 15 is 0 Å². The molecular weight excluding hydrogens is 280 g/mol. The number of nitriles is 1. The molecule has 1 aromatic rings. The van der Waals surface area contributed by atoms with Crippen molar-refractivity contribution in [2.45, 2.75) is 19.3 Å². The molecule has 0 radical (unpaired) electrons. The Morgan fingerprint density at radius 3 is 2.82 bits per heavy atom. The zero-order valence-electron chi connectivity index (χ0n) is 10.0. The van der Waals surface area contributed by atoms with Gasteiger partial charge in [-0.2, -0.15) is 5.26 Å². The van der Waals surface area contributed by atoms with E-state index in [2.05, 4.69) is 27.3 Å². The van der Waals surface area contributed by atoms with Crippen molar-refractivity contribution in [2.24, 2.45) is 0 Å². The molecule has 3 nitrogen and oxygen atoms in total. The van der Waals surface area contributed by atoms with Gasteiger partial charge in [0, 0.05) is 30.4 Å². The van der Waals surface area contributed by atoms with Gasteiger partial charge in [-0.3, -0.25) is 0 Å². The highest BCUT2D eigenvalue weighted by Gasteiger charge is 2.00. The molecule has 4 heteroatoms. The average molecular weight is 297 g/mol. The first kappa shape index (κ1) is 14.0. The summed E-state index contributed by atoms with van der Waals surface area (Å²) in [6, 6.07) is 7.69. The van der Waals surface area contributed by atoms with Gasteiger partial charge in [-0.05, 0) is 53.4 Å². The summed E-state index contributed by atoms with van der Waals surface area (Å²) >= 11 is 3.45. The Kier molecular flexibility index (Phi) is 6.68. The van der Waals surface area contributed by atoms with E-state index in [0.717, 1.165) is 42.6 Å². The summed E-state index contributed by atoms with van der Waals surface area (Å²) in [7, 11) is 1.73. The lowest BCUT2D eigenvalue weighted by Crippen LogP contribution is -2.02. The van der Waals surface area contributed by atoms with Crippen LogP contribution in [0, 0.1) is 11.3 Å². The molecule has 0 bridgehead atoms. The molecule has 0 fully saturated rings. The maximum absolute atomic E-state index is 8.75. The zero-order chi connectivity index (χ0) is 12.5. The molecule has 1 aromatic carbocycles. The maximum atomic E-state index is 8.75. The minimum absolute atomic E-state index is 0.669. The molecule has 0 saturated heterocycles. The van der Waals surface area contributed by atoms with Crippen LogP contribution in [0.5, 0.6) is 0 Å². The van der Waals surface area contributed by atoms with Gasteiger partial charge in [-0.1, -0.05) is 0 Å². The van der Waals surface area contributed by atoms with E-state index in [0.29, 0.717) is 5.56 Å². The second-order valence-corrected chi connectivity index (χ2v) is 4.64. The summed E-state index contributed by atoms with van der Waals surface area (Å²) in [6.45, 7) is 1.77. The van der Waals surface area contributed by atoms with Gasteiger partial charge in [0.15, 0.2) is 0 Å². The minimum atomic E-state index is 0.669. The highest BCUT2D eigenvalue weighted by atomic mass is 79.9. The van der Waals surface area contributed by atoms with E-state index in [1.54, 1.807) is 7.11 Å². The Balaban J connectivity index is 2.30. The van der Waals surface area contributed by atoms with Gasteiger partial charge in [0.25, 0.3) is 0 Å². The van der Waals surface area contributed by atoms with Gasteiger partial charge in [0.05, 0.1) is 11.6 Å². The number of anilines is 1. The Bertz CT molecular complexity index is 387. The fourth-order valence-corrected chi connectivity index (χ4v) is 2.02. The van der Waals surface area contributed by atoms with Crippen molar-refractivity contribution in [3.05, 3.63) is 28.2 Å². The highest BCUT2D eigenvalue weighted by molar-refractivity contribution is 9.10. The van der Waals surface area contributed by atoms with E-state index in [4.69, 9.17) is 10.00 Å². The van der Waals surface area contributed by atoms with Gasteiger partial charge >= 0.3 is 0 Å². The van der Waals surface area contributed by atoms with Crippen LogP contribution < -0.4 is 5.32 Å². The Hall–Kier alpha value is -1.05. The van der Waals surface area contributed by atoms with Crippen molar-refractivity contribution in [1.29, 1.82) is 5.26 Å². The third-order valence-corrected chi connectivity index (χ3v) is 3.09. The quantitative estimate of drug-likeness (QED) is 0.783. The second kappa shape index (κ2) is 8.10. The summed E-state index contributed by atoms with van der Waals surface area (Å²) in [5, 5.41) is 12.1. The monoisotopic (exact) mass is 296 g/mol. The van der Waals surface area contributed by atoms with E-state index in [-0.39, 0.29) is 0 Å². The fraction of sp³-hybridized carbons (Fsp3) is 0.462. The summed E-state index contributed by atoms with van der Waals surface area (Å²) in [4.78, 5) is 0. The van der Waals surface area contributed by atoms with Crippen molar-refractivity contribution in [2.75, 3.05) is 25.6 Å². The van der Waals surface area contributed by atoms with E-state index in [9.17, 15) is 0 Å². The minimum Gasteiger partial charge on any atom is -0.385 e. The van der Waals surface area contributed by atoms with Crippen LogP contribution in [0.15, 0.2) is 22.7 Å². The molecule has 0 atom stereocenters. The number of nitrogens with one attached hydrogen (secondary N) is 1. The molecule has 0 aliphatic rings. The first-order chi connectivity index (χ1) is 8.27. The van der Waals surface area contributed by atoms with Crippen LogP contribution in [0.4, 0.5) is 5.69 Å². The normalized spacial score (nSPS) is 9.94. The number of unbranched alkanes of at least 4 members (excludes halogenated alkanes) is 2.